The molecule has 1 spiro atoms. The van der Waals surface area contributed by atoms with E-state index in [9.17, 15) is 19.5 Å². The van der Waals surface area contributed by atoms with Crippen molar-refractivity contribution in [1.82, 2.24) is 4.90 Å². The van der Waals surface area contributed by atoms with Gasteiger partial charge in [0, 0.05) is 32.7 Å². The molecule has 3 saturated heterocycles. The molecule has 5 atom stereocenters. The van der Waals surface area contributed by atoms with Crippen LogP contribution in [0.25, 0.3) is 0 Å². The minimum absolute atomic E-state index is 0.151. The second-order valence-electron chi connectivity index (χ2n) is 8.78. The molecule has 11 heteroatoms. The molecule has 2 aromatic rings. The highest BCUT2D eigenvalue weighted by atomic mass is 79.9. The number of anilines is 2. The minimum Gasteiger partial charge on any atom is -0.392 e. The van der Waals surface area contributed by atoms with Gasteiger partial charge >= 0.3 is 0 Å². The zero-order valence-electron chi connectivity index (χ0n) is 16.7. The standard InChI is InChI=1S/C22H15BrCl3N3O4/c23-8-1-9(24)3-11(2-8)29-19(31)16-15-6-12(30)7-28(15)22(17(16)20(29)32)13-4-10(25)5-14(26)18(13)27-21(22)33/h1-5,12,15-17,30H,6-7H2,(H,27,33)/t12-,15?,16?,17-,22?/m0/s1. The fraction of sp³-hybridized carbons (Fsp3) is 0.318. The lowest BCUT2D eigenvalue weighted by Gasteiger charge is -2.36. The normalized spacial score (nSPS) is 32.5. The van der Waals surface area contributed by atoms with E-state index >= 15 is 0 Å². The quantitative estimate of drug-likeness (QED) is 0.509. The first-order valence-corrected chi connectivity index (χ1v) is 12.2. The molecule has 3 amide bonds. The van der Waals surface area contributed by atoms with Crippen molar-refractivity contribution in [3.8, 4) is 0 Å². The third-order valence-corrected chi connectivity index (χ3v) is 8.34. The Hall–Kier alpha value is -1.68. The van der Waals surface area contributed by atoms with Gasteiger partial charge in [-0.25, -0.2) is 4.90 Å². The van der Waals surface area contributed by atoms with Crippen molar-refractivity contribution >= 4 is 79.8 Å². The maximum Gasteiger partial charge on any atom is 0.250 e. The highest BCUT2D eigenvalue weighted by Gasteiger charge is 2.75. The first-order valence-electron chi connectivity index (χ1n) is 10.2. The van der Waals surface area contributed by atoms with Gasteiger partial charge in [-0.3, -0.25) is 19.3 Å². The number of hydrogen-bond acceptors (Lipinski definition) is 5. The van der Waals surface area contributed by atoms with E-state index in [-0.39, 0.29) is 18.0 Å². The number of carbonyl (C=O) groups is 3. The van der Waals surface area contributed by atoms with Crippen LogP contribution in [0.4, 0.5) is 11.4 Å². The molecule has 4 aliphatic rings. The number of nitrogens with one attached hydrogen (secondary N) is 1. The van der Waals surface area contributed by atoms with Gasteiger partial charge in [0.25, 0.3) is 5.91 Å². The number of aliphatic hydroxyl groups is 1. The number of aliphatic hydroxyl groups excluding tert-OH is 1. The largest absolute Gasteiger partial charge is 0.392 e. The van der Waals surface area contributed by atoms with Crippen LogP contribution in [0.15, 0.2) is 34.8 Å². The van der Waals surface area contributed by atoms with Crippen LogP contribution in [-0.2, 0) is 19.9 Å². The van der Waals surface area contributed by atoms with Crippen LogP contribution in [-0.4, -0.2) is 46.4 Å². The summed E-state index contributed by atoms with van der Waals surface area (Å²) in [6, 6.07) is 7.45. The van der Waals surface area contributed by atoms with Crippen LogP contribution in [0.2, 0.25) is 15.1 Å². The molecule has 2 N–H and O–H groups in total. The van der Waals surface area contributed by atoms with Crippen molar-refractivity contribution < 1.29 is 19.5 Å². The molecule has 170 valence electrons. The van der Waals surface area contributed by atoms with Crippen LogP contribution < -0.4 is 10.2 Å². The van der Waals surface area contributed by atoms with E-state index in [0.29, 0.717) is 31.5 Å². The number of nitrogens with zero attached hydrogens (tertiary/aromatic N) is 2. The molecule has 3 fully saturated rings. The number of rotatable bonds is 1. The first-order chi connectivity index (χ1) is 15.6. The van der Waals surface area contributed by atoms with Crippen molar-refractivity contribution in [2.45, 2.75) is 24.1 Å². The zero-order chi connectivity index (χ0) is 23.4. The van der Waals surface area contributed by atoms with E-state index < -0.39 is 47.2 Å². The van der Waals surface area contributed by atoms with Crippen molar-refractivity contribution in [3.05, 3.63) is 55.4 Å². The predicted octanol–water partition coefficient (Wildman–Crippen LogP) is 3.81. The summed E-state index contributed by atoms with van der Waals surface area (Å²) in [6.07, 6.45) is -0.469. The molecule has 0 aliphatic carbocycles. The van der Waals surface area contributed by atoms with E-state index in [1.807, 2.05) is 0 Å². The van der Waals surface area contributed by atoms with Gasteiger partial charge in [0.05, 0.1) is 34.3 Å². The highest BCUT2D eigenvalue weighted by molar-refractivity contribution is 9.10. The number of carbonyl (C=O) groups excluding carboxylic acids is 3. The van der Waals surface area contributed by atoms with Gasteiger partial charge in [0.2, 0.25) is 11.8 Å². The Balaban J connectivity index is 1.58. The lowest BCUT2D eigenvalue weighted by atomic mass is 9.75. The van der Waals surface area contributed by atoms with Crippen molar-refractivity contribution in [1.29, 1.82) is 0 Å². The van der Waals surface area contributed by atoms with Gasteiger partial charge in [0.15, 0.2) is 0 Å². The zero-order valence-corrected chi connectivity index (χ0v) is 20.5. The fourth-order valence-corrected chi connectivity index (χ4v) is 7.52. The van der Waals surface area contributed by atoms with Gasteiger partial charge in [-0.1, -0.05) is 50.7 Å². The van der Waals surface area contributed by atoms with E-state index in [0.717, 1.165) is 4.90 Å². The van der Waals surface area contributed by atoms with E-state index in [4.69, 9.17) is 34.8 Å². The molecule has 0 radical (unpaired) electrons. The average Bonchev–Trinajstić information content (AvgIpc) is 3.37. The van der Waals surface area contributed by atoms with E-state index in [1.165, 1.54) is 12.1 Å². The molecule has 0 saturated carbocycles. The molecule has 6 rings (SSSR count). The second kappa shape index (κ2) is 7.16. The number of fused-ring (bicyclic) bond motifs is 7. The van der Waals surface area contributed by atoms with Crippen LogP contribution in [0.5, 0.6) is 0 Å². The SMILES string of the molecule is O=C1C2C3C[C@H](O)CN3C3(C(=O)Nc4c(Cl)cc(Cl)cc43)[C@@H]2C(=O)N1c1cc(Cl)cc(Br)c1. The summed E-state index contributed by atoms with van der Waals surface area (Å²) in [4.78, 5) is 44.2. The molecule has 4 aliphatic heterocycles. The Morgan fingerprint density at radius 1 is 1.03 bits per heavy atom. The molecule has 3 unspecified atom stereocenters. The van der Waals surface area contributed by atoms with E-state index in [1.54, 1.807) is 23.1 Å². The molecule has 0 aromatic heterocycles. The van der Waals surface area contributed by atoms with Crippen molar-refractivity contribution in [2.75, 3.05) is 16.8 Å². The molecular formula is C22H15BrCl3N3O4. The number of amides is 3. The van der Waals surface area contributed by atoms with Crippen molar-refractivity contribution in [3.63, 3.8) is 0 Å². The molecule has 33 heavy (non-hydrogen) atoms. The van der Waals surface area contributed by atoms with Crippen LogP contribution >= 0.6 is 50.7 Å². The molecule has 4 heterocycles. The average molecular weight is 572 g/mol. The molecule has 7 nitrogen and oxygen atoms in total. The summed E-state index contributed by atoms with van der Waals surface area (Å²) >= 11 is 22.2. The Bertz CT molecular complexity index is 1270. The summed E-state index contributed by atoms with van der Waals surface area (Å²) < 4.78 is 0.609. The van der Waals surface area contributed by atoms with Crippen LogP contribution in [0.1, 0.15) is 12.0 Å². The second-order valence-corrected chi connectivity index (χ2v) is 11.0. The maximum atomic E-state index is 13.9. The smallest absolute Gasteiger partial charge is 0.250 e. The van der Waals surface area contributed by atoms with Gasteiger partial charge in [-0.2, -0.15) is 0 Å². The van der Waals surface area contributed by atoms with Crippen molar-refractivity contribution in [2.24, 2.45) is 11.8 Å². The summed E-state index contributed by atoms with van der Waals surface area (Å²) in [5.41, 5.74) is -0.363. The van der Waals surface area contributed by atoms with Gasteiger partial charge < -0.3 is 10.4 Å². The van der Waals surface area contributed by atoms with Crippen LogP contribution in [0.3, 0.4) is 0 Å². The highest BCUT2D eigenvalue weighted by Crippen LogP contribution is 2.61. The van der Waals surface area contributed by atoms with Gasteiger partial charge in [0.1, 0.15) is 5.54 Å². The topological polar surface area (TPSA) is 90.0 Å². The Labute approximate surface area is 211 Å². The number of hydrogen-bond donors (Lipinski definition) is 2. The lowest BCUT2D eigenvalue weighted by Crippen LogP contribution is -2.54. The fourth-order valence-electron chi connectivity index (χ4n) is 6.14. The summed E-state index contributed by atoms with van der Waals surface area (Å²) in [6.45, 7) is 0.151. The summed E-state index contributed by atoms with van der Waals surface area (Å²) in [7, 11) is 0. The number of halogens is 4. The van der Waals surface area contributed by atoms with Gasteiger partial charge in [-0.05, 0) is 36.8 Å². The molecule has 2 aromatic carbocycles. The summed E-state index contributed by atoms with van der Waals surface area (Å²) in [5, 5.41) is 14.2. The Morgan fingerprint density at radius 3 is 2.48 bits per heavy atom. The minimum atomic E-state index is -1.51. The Kier molecular flexibility index (Phi) is 4.74. The first kappa shape index (κ1) is 21.8. The van der Waals surface area contributed by atoms with Gasteiger partial charge in [-0.15, -0.1) is 0 Å². The molecule has 0 bridgehead atoms. The third kappa shape index (κ3) is 2.73. The Morgan fingerprint density at radius 2 is 1.76 bits per heavy atom. The monoisotopic (exact) mass is 569 g/mol. The maximum absolute atomic E-state index is 13.9. The van der Waals surface area contributed by atoms with E-state index in [2.05, 4.69) is 21.2 Å². The predicted molar refractivity (Wildman–Crippen MR) is 127 cm³/mol. The summed E-state index contributed by atoms with van der Waals surface area (Å²) in [5.74, 6) is -3.20. The molecular weight excluding hydrogens is 557 g/mol. The third-order valence-electron chi connectivity index (χ3n) is 7.15. The lowest BCUT2D eigenvalue weighted by molar-refractivity contribution is -0.135. The number of imide groups is 1. The van der Waals surface area contributed by atoms with Crippen LogP contribution in [0, 0.1) is 11.8 Å². The number of benzene rings is 2.